The Balaban J connectivity index is 0.963. The standard InChI is InChI=1S/C60H38N2O/c1-2-13-41(14-3-1)48-32-34-57(51-19-9-8-18-50(48)51)61(47-30-35-59-55(38-47)53-31-25-42-15-6-7-17-49(42)60(53)63-59)45-27-22-40(23-28-45)44-26-33-58-54(37-44)52-20-10-11-21-56(52)62(58)46-29-24-39-12-4-5-16-43(39)36-46/h1-38H. The molecule has 0 saturated heterocycles. The molecule has 63 heavy (non-hydrogen) atoms. The van der Waals surface area contributed by atoms with Gasteiger partial charge in [-0.2, -0.15) is 0 Å². The fourth-order valence-corrected chi connectivity index (χ4v) is 9.96. The fourth-order valence-electron chi connectivity index (χ4n) is 9.96. The molecule has 3 heteroatoms. The lowest BCUT2D eigenvalue weighted by molar-refractivity contribution is 0.672. The summed E-state index contributed by atoms with van der Waals surface area (Å²) in [5, 5.41) is 11.8. The van der Waals surface area contributed by atoms with Gasteiger partial charge in [0.15, 0.2) is 0 Å². The zero-order valence-electron chi connectivity index (χ0n) is 34.2. The SMILES string of the molecule is c1ccc(-c2ccc(N(c3ccc(-c4ccc5c(c4)c4ccccc4n5-c4ccc5ccccc5c4)cc3)c3ccc4oc5c6ccccc6ccc5c4c3)c3ccccc23)cc1. The highest BCUT2D eigenvalue weighted by Crippen LogP contribution is 2.45. The highest BCUT2D eigenvalue weighted by atomic mass is 16.3. The summed E-state index contributed by atoms with van der Waals surface area (Å²) >= 11 is 0. The molecule has 13 rings (SSSR count). The molecule has 0 radical (unpaired) electrons. The number of aromatic nitrogens is 1. The molecule has 0 spiro atoms. The molecule has 0 saturated carbocycles. The second-order valence-electron chi connectivity index (χ2n) is 16.5. The lowest BCUT2D eigenvalue weighted by Gasteiger charge is -2.28. The van der Waals surface area contributed by atoms with Crippen molar-refractivity contribution in [1.29, 1.82) is 0 Å². The number of hydrogen-bond acceptors (Lipinski definition) is 2. The molecule has 0 aliphatic rings. The van der Waals surface area contributed by atoms with Crippen LogP contribution in [-0.4, -0.2) is 4.57 Å². The van der Waals surface area contributed by atoms with Gasteiger partial charge in [0.2, 0.25) is 0 Å². The average Bonchev–Trinajstić information content (AvgIpc) is 3.90. The number of hydrogen-bond donors (Lipinski definition) is 0. The molecule has 0 aliphatic heterocycles. The van der Waals surface area contributed by atoms with Crippen LogP contribution in [0.25, 0.3) is 104 Å². The molecule has 13 aromatic rings. The first kappa shape index (κ1) is 35.4. The number of benzene rings is 11. The molecule has 0 aliphatic carbocycles. The first-order valence-electron chi connectivity index (χ1n) is 21.6. The van der Waals surface area contributed by atoms with Crippen molar-refractivity contribution in [3.05, 3.63) is 231 Å². The topological polar surface area (TPSA) is 21.3 Å². The van der Waals surface area contributed by atoms with Crippen LogP contribution in [0.2, 0.25) is 0 Å². The van der Waals surface area contributed by atoms with Gasteiger partial charge in [0, 0.05) is 49.4 Å². The smallest absolute Gasteiger partial charge is 0.143 e. The van der Waals surface area contributed by atoms with Crippen LogP contribution < -0.4 is 4.90 Å². The fraction of sp³-hybridized carbons (Fsp3) is 0. The highest BCUT2D eigenvalue weighted by Gasteiger charge is 2.20. The molecule has 11 aromatic carbocycles. The Morgan fingerprint density at radius 2 is 1.00 bits per heavy atom. The third-order valence-corrected chi connectivity index (χ3v) is 13.0. The van der Waals surface area contributed by atoms with Gasteiger partial charge in [0.1, 0.15) is 11.2 Å². The van der Waals surface area contributed by atoms with Crippen molar-refractivity contribution in [1.82, 2.24) is 4.57 Å². The van der Waals surface area contributed by atoms with Crippen LogP contribution in [-0.2, 0) is 0 Å². The zero-order valence-corrected chi connectivity index (χ0v) is 34.2. The number of anilines is 3. The minimum absolute atomic E-state index is 0.877. The minimum Gasteiger partial charge on any atom is -0.455 e. The quantitative estimate of drug-likeness (QED) is 0.167. The molecule has 294 valence electrons. The predicted octanol–water partition coefficient (Wildman–Crippen LogP) is 16.9. The molecule has 2 heterocycles. The Hall–Kier alpha value is -8.40. The largest absolute Gasteiger partial charge is 0.455 e. The lowest BCUT2D eigenvalue weighted by Crippen LogP contribution is -2.10. The van der Waals surface area contributed by atoms with Crippen LogP contribution in [0.1, 0.15) is 0 Å². The molecular formula is C60H38N2O. The molecule has 2 aromatic heterocycles. The summed E-state index contributed by atoms with van der Waals surface area (Å²) in [5.41, 5.74) is 13.4. The maximum atomic E-state index is 6.59. The molecular weight excluding hydrogens is 765 g/mol. The van der Waals surface area contributed by atoms with Crippen LogP contribution in [0.3, 0.4) is 0 Å². The van der Waals surface area contributed by atoms with E-state index in [-0.39, 0.29) is 0 Å². The summed E-state index contributed by atoms with van der Waals surface area (Å²) in [6.07, 6.45) is 0. The monoisotopic (exact) mass is 802 g/mol. The summed E-state index contributed by atoms with van der Waals surface area (Å²) in [4.78, 5) is 2.40. The van der Waals surface area contributed by atoms with Crippen LogP contribution in [0, 0.1) is 0 Å². The van der Waals surface area contributed by atoms with E-state index in [4.69, 9.17) is 4.42 Å². The Labute approximate surface area is 363 Å². The van der Waals surface area contributed by atoms with Crippen LogP contribution in [0.5, 0.6) is 0 Å². The zero-order chi connectivity index (χ0) is 41.4. The van der Waals surface area contributed by atoms with Crippen LogP contribution in [0.15, 0.2) is 235 Å². The predicted molar refractivity (Wildman–Crippen MR) is 266 cm³/mol. The summed E-state index contributed by atoms with van der Waals surface area (Å²) in [6.45, 7) is 0. The van der Waals surface area contributed by atoms with Gasteiger partial charge in [0.05, 0.1) is 16.7 Å². The van der Waals surface area contributed by atoms with E-state index in [1.807, 2.05) is 0 Å². The molecule has 0 N–H and O–H groups in total. The molecule has 0 fully saturated rings. The van der Waals surface area contributed by atoms with Crippen molar-refractivity contribution in [2.75, 3.05) is 4.90 Å². The van der Waals surface area contributed by atoms with Crippen molar-refractivity contribution >= 4 is 93.1 Å². The third kappa shape index (κ3) is 5.67. The highest BCUT2D eigenvalue weighted by molar-refractivity contribution is 6.16. The van der Waals surface area contributed by atoms with Crippen molar-refractivity contribution < 1.29 is 4.42 Å². The van der Waals surface area contributed by atoms with Crippen molar-refractivity contribution in [2.24, 2.45) is 0 Å². The van der Waals surface area contributed by atoms with Gasteiger partial charge in [-0.05, 0) is 117 Å². The van der Waals surface area contributed by atoms with Gasteiger partial charge in [0.25, 0.3) is 0 Å². The third-order valence-electron chi connectivity index (χ3n) is 13.0. The molecule has 3 nitrogen and oxygen atoms in total. The van der Waals surface area contributed by atoms with Crippen molar-refractivity contribution in [3.8, 4) is 27.9 Å². The van der Waals surface area contributed by atoms with E-state index in [0.29, 0.717) is 0 Å². The van der Waals surface area contributed by atoms with E-state index in [1.165, 1.54) is 65.4 Å². The summed E-state index contributed by atoms with van der Waals surface area (Å²) in [7, 11) is 0. The first-order valence-corrected chi connectivity index (χ1v) is 21.6. The second-order valence-corrected chi connectivity index (χ2v) is 16.5. The van der Waals surface area contributed by atoms with Gasteiger partial charge >= 0.3 is 0 Å². The maximum Gasteiger partial charge on any atom is 0.143 e. The Bertz CT molecular complexity index is 3910. The summed E-state index contributed by atoms with van der Waals surface area (Å²) in [5.74, 6) is 0. The number of rotatable bonds is 6. The van der Waals surface area contributed by atoms with E-state index in [0.717, 1.165) is 55.6 Å². The van der Waals surface area contributed by atoms with E-state index in [9.17, 15) is 0 Å². The van der Waals surface area contributed by atoms with Gasteiger partial charge < -0.3 is 13.9 Å². The normalized spacial score (nSPS) is 11.8. The van der Waals surface area contributed by atoms with Gasteiger partial charge in [-0.15, -0.1) is 0 Å². The molecule has 0 bridgehead atoms. The molecule has 0 unspecified atom stereocenters. The Kier molecular flexibility index (Phi) is 7.91. The summed E-state index contributed by atoms with van der Waals surface area (Å²) < 4.78 is 8.99. The van der Waals surface area contributed by atoms with Crippen LogP contribution >= 0.6 is 0 Å². The van der Waals surface area contributed by atoms with Gasteiger partial charge in [-0.25, -0.2) is 0 Å². The number of furan rings is 1. The van der Waals surface area contributed by atoms with E-state index >= 15 is 0 Å². The van der Waals surface area contributed by atoms with Crippen molar-refractivity contribution in [3.63, 3.8) is 0 Å². The summed E-state index contributed by atoms with van der Waals surface area (Å²) in [6, 6.07) is 83.6. The number of nitrogens with zero attached hydrogens (tertiary/aromatic N) is 2. The van der Waals surface area contributed by atoms with E-state index in [2.05, 4.69) is 240 Å². The maximum absolute atomic E-state index is 6.59. The Morgan fingerprint density at radius 1 is 0.333 bits per heavy atom. The number of para-hydroxylation sites is 1. The number of fused-ring (bicyclic) bond motifs is 10. The Morgan fingerprint density at radius 3 is 1.86 bits per heavy atom. The van der Waals surface area contributed by atoms with E-state index in [1.54, 1.807) is 0 Å². The van der Waals surface area contributed by atoms with E-state index < -0.39 is 0 Å². The van der Waals surface area contributed by atoms with Gasteiger partial charge in [-0.3, -0.25) is 0 Å². The average molecular weight is 803 g/mol. The van der Waals surface area contributed by atoms with Crippen molar-refractivity contribution in [2.45, 2.75) is 0 Å². The first-order chi connectivity index (χ1) is 31.2. The molecule has 0 amide bonds. The van der Waals surface area contributed by atoms with Crippen LogP contribution in [0.4, 0.5) is 17.1 Å². The molecule has 0 atom stereocenters. The second kappa shape index (κ2) is 14.1. The minimum atomic E-state index is 0.877. The lowest BCUT2D eigenvalue weighted by atomic mass is 9.96. The van der Waals surface area contributed by atoms with Gasteiger partial charge in [-0.1, -0.05) is 158 Å².